The van der Waals surface area contributed by atoms with Crippen molar-refractivity contribution >= 4 is 29.4 Å². The molecular formula is C29H34N4O10S. The summed E-state index contributed by atoms with van der Waals surface area (Å²) in [7, 11) is 0. The Labute approximate surface area is 257 Å². The second-order valence-electron chi connectivity index (χ2n) is 9.50. The van der Waals surface area contributed by atoms with Crippen molar-refractivity contribution in [1.82, 2.24) is 9.55 Å². The third kappa shape index (κ3) is 11.5. The van der Waals surface area contributed by atoms with Crippen molar-refractivity contribution in [3.63, 3.8) is 0 Å². The molecule has 2 aromatic heterocycles. The van der Waals surface area contributed by atoms with E-state index in [0.29, 0.717) is 29.8 Å². The van der Waals surface area contributed by atoms with E-state index in [4.69, 9.17) is 9.47 Å². The molecule has 1 aromatic carbocycles. The Kier molecular flexibility index (Phi) is 13.8. The first-order valence-corrected chi connectivity index (χ1v) is 14.9. The second-order valence-corrected chi connectivity index (χ2v) is 10.5. The molecule has 0 amide bonds. The van der Waals surface area contributed by atoms with Gasteiger partial charge in [0.1, 0.15) is 5.82 Å². The number of benzene rings is 1. The molecule has 15 heteroatoms. The molecule has 0 aliphatic rings. The van der Waals surface area contributed by atoms with E-state index in [0.717, 1.165) is 35.5 Å². The molecule has 14 nitrogen and oxygen atoms in total. The highest BCUT2D eigenvalue weighted by molar-refractivity contribution is 7.09. The molecule has 0 fully saturated rings. The van der Waals surface area contributed by atoms with Crippen LogP contribution in [0.15, 0.2) is 53.5 Å². The summed E-state index contributed by atoms with van der Waals surface area (Å²) < 4.78 is 12.6. The number of aryl methyl sites for hydroxylation is 1. The summed E-state index contributed by atoms with van der Waals surface area (Å²) in [5.74, 6) is -0.233. The molecule has 2 heterocycles. The van der Waals surface area contributed by atoms with E-state index in [9.17, 15) is 29.8 Å². The first kappa shape index (κ1) is 33.7. The van der Waals surface area contributed by atoms with Gasteiger partial charge in [-0.15, -0.1) is 31.6 Å². The van der Waals surface area contributed by atoms with Gasteiger partial charge in [-0.3, -0.25) is 0 Å². The molecule has 0 saturated heterocycles. The number of carbonyl (C=O) groups excluding carboxylic acids is 2. The standard InChI is InChI=1S/C29H34N4O10S/c1-2-3-8-27-30-20-25(18-24(19-26-7-4-17-44-26)29(35)41-14-6-16-43-33(38)39)31(27)21-22-9-11-23(12-10-22)28(34)40-13-5-15-42-32(36)37/h4,7,9-12,17-18,20H,2-3,5-6,8,13-16,19,21H2,1H3. The van der Waals surface area contributed by atoms with Crippen LogP contribution >= 0.6 is 11.3 Å². The SMILES string of the molecule is CCCCc1ncc(C=C(Cc2cccs2)C(=O)OCCCO[N+](=O)[O-])n1Cc1ccc(C(=O)OCCCO[N+](=O)[O-])cc1. The van der Waals surface area contributed by atoms with Gasteiger partial charge in [-0.2, -0.15) is 0 Å². The molecule has 0 radical (unpaired) electrons. The summed E-state index contributed by atoms with van der Waals surface area (Å²) in [5.41, 5.74) is 2.34. The molecule has 236 valence electrons. The molecule has 3 rings (SSSR count). The van der Waals surface area contributed by atoms with E-state index in [1.165, 1.54) is 11.3 Å². The highest BCUT2D eigenvalue weighted by atomic mass is 32.1. The summed E-state index contributed by atoms with van der Waals surface area (Å²) in [5, 5.41) is 20.7. The zero-order valence-electron chi connectivity index (χ0n) is 24.3. The van der Waals surface area contributed by atoms with Crippen molar-refractivity contribution in [3.05, 3.63) is 101 Å². The van der Waals surface area contributed by atoms with Crippen LogP contribution in [0, 0.1) is 20.2 Å². The number of aromatic nitrogens is 2. The van der Waals surface area contributed by atoms with E-state index in [-0.39, 0.29) is 39.3 Å². The first-order valence-electron chi connectivity index (χ1n) is 14.0. The van der Waals surface area contributed by atoms with Crippen LogP contribution in [0.3, 0.4) is 0 Å². The highest BCUT2D eigenvalue weighted by Gasteiger charge is 2.17. The highest BCUT2D eigenvalue weighted by Crippen LogP contribution is 2.21. The van der Waals surface area contributed by atoms with Gasteiger partial charge in [0.25, 0.3) is 10.2 Å². The van der Waals surface area contributed by atoms with Gasteiger partial charge in [0.15, 0.2) is 0 Å². The first-order chi connectivity index (χ1) is 21.3. The van der Waals surface area contributed by atoms with Gasteiger partial charge in [-0.05, 0) is 41.6 Å². The number of nitrogens with zero attached hydrogens (tertiary/aromatic N) is 4. The summed E-state index contributed by atoms with van der Waals surface area (Å²) in [6.45, 7) is 2.14. The van der Waals surface area contributed by atoms with Crippen molar-refractivity contribution < 1.29 is 38.9 Å². The second kappa shape index (κ2) is 18.0. The molecule has 0 atom stereocenters. The summed E-state index contributed by atoms with van der Waals surface area (Å²) in [6.07, 6.45) is 6.82. The van der Waals surface area contributed by atoms with Crippen LogP contribution in [0.5, 0.6) is 0 Å². The van der Waals surface area contributed by atoms with Crippen molar-refractivity contribution in [2.75, 3.05) is 26.4 Å². The normalized spacial score (nSPS) is 11.2. The third-order valence-corrected chi connectivity index (χ3v) is 7.10. The lowest BCUT2D eigenvalue weighted by molar-refractivity contribution is -0.757. The van der Waals surface area contributed by atoms with Crippen LogP contribution in [-0.4, -0.2) is 58.1 Å². The van der Waals surface area contributed by atoms with Crippen LogP contribution in [0.25, 0.3) is 6.08 Å². The quantitative estimate of drug-likeness (QED) is 0.0548. The smallest absolute Gasteiger partial charge is 0.338 e. The van der Waals surface area contributed by atoms with Crippen molar-refractivity contribution in [2.45, 2.75) is 52.0 Å². The maximum atomic E-state index is 13.1. The molecule has 44 heavy (non-hydrogen) atoms. The molecule has 0 spiro atoms. The van der Waals surface area contributed by atoms with Gasteiger partial charge < -0.3 is 23.7 Å². The molecule has 0 bridgehead atoms. The van der Waals surface area contributed by atoms with Gasteiger partial charge >= 0.3 is 11.9 Å². The van der Waals surface area contributed by atoms with Gasteiger partial charge in [0.05, 0.1) is 43.9 Å². The number of hydrogen-bond acceptors (Lipinski definition) is 12. The lowest BCUT2D eigenvalue weighted by Gasteiger charge is -2.13. The molecule has 0 saturated carbocycles. The fraction of sp³-hybridized carbons (Fsp3) is 0.414. The number of ether oxygens (including phenoxy) is 2. The fourth-order valence-corrected chi connectivity index (χ4v) is 4.78. The molecule has 0 unspecified atom stereocenters. The molecule has 0 N–H and O–H groups in total. The van der Waals surface area contributed by atoms with E-state index in [1.54, 1.807) is 36.5 Å². The minimum absolute atomic E-state index is 0.0111. The summed E-state index contributed by atoms with van der Waals surface area (Å²) >= 11 is 1.51. The van der Waals surface area contributed by atoms with Crippen molar-refractivity contribution in [1.29, 1.82) is 0 Å². The zero-order chi connectivity index (χ0) is 31.7. The molecule has 0 aliphatic carbocycles. The number of imidazole rings is 1. The van der Waals surface area contributed by atoms with Crippen molar-refractivity contribution in [3.8, 4) is 0 Å². The zero-order valence-corrected chi connectivity index (χ0v) is 25.1. The van der Waals surface area contributed by atoms with Crippen LogP contribution in [-0.2, 0) is 43.3 Å². The minimum atomic E-state index is -0.896. The third-order valence-electron chi connectivity index (χ3n) is 6.22. The number of hydrogen-bond donors (Lipinski definition) is 0. The number of thiophene rings is 1. The lowest BCUT2D eigenvalue weighted by atomic mass is 10.1. The Morgan fingerprint density at radius 3 is 2.25 bits per heavy atom. The topological polar surface area (TPSA) is 175 Å². The largest absolute Gasteiger partial charge is 0.462 e. The van der Waals surface area contributed by atoms with Gasteiger partial charge in [-0.25, -0.2) is 14.6 Å². The number of carbonyl (C=O) groups is 2. The van der Waals surface area contributed by atoms with Crippen LogP contribution < -0.4 is 0 Å². The predicted molar refractivity (Wildman–Crippen MR) is 159 cm³/mol. The van der Waals surface area contributed by atoms with E-state index >= 15 is 0 Å². The maximum absolute atomic E-state index is 13.1. The molecule has 0 aliphatic heterocycles. The Balaban J connectivity index is 1.76. The maximum Gasteiger partial charge on any atom is 0.338 e. The Bertz CT molecular complexity index is 1400. The number of unbranched alkanes of at least 4 members (excludes halogenated alkanes) is 1. The molecular weight excluding hydrogens is 596 g/mol. The Hall–Kier alpha value is -4.79. The van der Waals surface area contributed by atoms with Gasteiger partial charge in [0.2, 0.25) is 0 Å². The van der Waals surface area contributed by atoms with E-state index in [2.05, 4.69) is 21.6 Å². The van der Waals surface area contributed by atoms with Gasteiger partial charge in [-0.1, -0.05) is 31.5 Å². The van der Waals surface area contributed by atoms with Crippen LogP contribution in [0.2, 0.25) is 0 Å². The monoisotopic (exact) mass is 630 g/mol. The summed E-state index contributed by atoms with van der Waals surface area (Å²) in [4.78, 5) is 60.1. The number of rotatable bonds is 20. The van der Waals surface area contributed by atoms with Crippen LogP contribution in [0.1, 0.15) is 64.9 Å². The average molecular weight is 631 g/mol. The minimum Gasteiger partial charge on any atom is -0.462 e. The van der Waals surface area contributed by atoms with E-state index < -0.39 is 22.1 Å². The van der Waals surface area contributed by atoms with Crippen LogP contribution in [0.4, 0.5) is 0 Å². The number of esters is 2. The Morgan fingerprint density at radius 2 is 1.64 bits per heavy atom. The average Bonchev–Trinajstić information content (AvgIpc) is 3.65. The predicted octanol–water partition coefficient (Wildman–Crippen LogP) is 4.86. The Morgan fingerprint density at radius 1 is 0.955 bits per heavy atom. The fourth-order valence-electron chi connectivity index (χ4n) is 4.05. The van der Waals surface area contributed by atoms with E-state index in [1.807, 2.05) is 22.1 Å². The summed E-state index contributed by atoms with van der Waals surface area (Å²) in [6, 6.07) is 10.7. The lowest BCUT2D eigenvalue weighted by Crippen LogP contribution is -2.14. The van der Waals surface area contributed by atoms with Gasteiger partial charge in [0, 0.05) is 42.7 Å². The van der Waals surface area contributed by atoms with Crippen molar-refractivity contribution in [2.24, 2.45) is 0 Å². The molecule has 3 aromatic rings.